The van der Waals surface area contributed by atoms with Crippen molar-refractivity contribution in [1.82, 2.24) is 10.6 Å². The average Bonchev–Trinajstić information content (AvgIpc) is 3.16. The van der Waals surface area contributed by atoms with Gasteiger partial charge in [0, 0.05) is 59.5 Å². The largest absolute Gasteiger partial charge is 0.381 e. The summed E-state index contributed by atoms with van der Waals surface area (Å²) in [6.07, 6.45) is 5.32. The Morgan fingerprint density at radius 1 is 1.24 bits per heavy atom. The molecule has 2 heterocycles. The van der Waals surface area contributed by atoms with Gasteiger partial charge in [0.25, 0.3) is 0 Å². The topological polar surface area (TPSA) is 73.3 Å². The van der Waals surface area contributed by atoms with Gasteiger partial charge in [-0.15, -0.1) is 0 Å². The van der Waals surface area contributed by atoms with Gasteiger partial charge in [0.15, 0.2) is 5.96 Å². The van der Waals surface area contributed by atoms with Gasteiger partial charge in [-0.25, -0.2) is 0 Å². The van der Waals surface area contributed by atoms with Crippen molar-refractivity contribution in [3.05, 3.63) is 0 Å². The van der Waals surface area contributed by atoms with Gasteiger partial charge in [-0.05, 0) is 26.2 Å². The number of nitrogens with one attached hydrogen (secondary N) is 2. The van der Waals surface area contributed by atoms with Gasteiger partial charge in [0.2, 0.25) is 0 Å². The summed E-state index contributed by atoms with van der Waals surface area (Å²) >= 11 is 0. The molecule has 1 unspecified atom stereocenters. The van der Waals surface area contributed by atoms with Crippen LogP contribution in [-0.4, -0.2) is 77.4 Å². The second kappa shape index (κ2) is 11.7. The van der Waals surface area contributed by atoms with E-state index in [2.05, 4.69) is 17.6 Å². The molecule has 146 valence electrons. The van der Waals surface area contributed by atoms with Crippen LogP contribution in [0.4, 0.5) is 0 Å². The summed E-state index contributed by atoms with van der Waals surface area (Å²) < 4.78 is 22.4. The Hall–Kier alpha value is -0.890. The molecule has 2 aliphatic rings. The summed E-state index contributed by atoms with van der Waals surface area (Å²) in [4.78, 5) is 4.71. The number of hydrogen-bond donors (Lipinski definition) is 2. The van der Waals surface area contributed by atoms with Crippen LogP contribution in [0.15, 0.2) is 4.99 Å². The lowest BCUT2D eigenvalue weighted by Gasteiger charge is -2.34. The van der Waals surface area contributed by atoms with Crippen molar-refractivity contribution in [3.8, 4) is 0 Å². The monoisotopic (exact) mass is 357 g/mol. The molecule has 0 aliphatic carbocycles. The number of methoxy groups -OCH3 is 1. The Morgan fingerprint density at radius 2 is 2.08 bits per heavy atom. The fraction of sp³-hybridized carbons (Fsp3) is 0.944. The van der Waals surface area contributed by atoms with Gasteiger partial charge in [0.05, 0.1) is 24.9 Å². The Bertz CT molecular complexity index is 381. The zero-order chi connectivity index (χ0) is 17.8. The second-order valence-corrected chi connectivity index (χ2v) is 6.68. The van der Waals surface area contributed by atoms with Crippen LogP contribution in [0.25, 0.3) is 0 Å². The molecule has 0 aromatic rings. The molecule has 2 rings (SSSR count). The summed E-state index contributed by atoms with van der Waals surface area (Å²) in [7, 11) is 1.77. The maximum atomic E-state index is 5.74. The fourth-order valence-corrected chi connectivity index (χ4v) is 3.11. The summed E-state index contributed by atoms with van der Waals surface area (Å²) in [5.41, 5.74) is -0.189. The fourth-order valence-electron chi connectivity index (χ4n) is 3.11. The molecule has 1 atom stereocenters. The highest BCUT2D eigenvalue weighted by atomic mass is 16.5. The van der Waals surface area contributed by atoms with Crippen molar-refractivity contribution >= 4 is 5.96 Å². The molecule has 0 bridgehead atoms. The minimum atomic E-state index is -0.189. The molecule has 0 amide bonds. The number of guanidine groups is 1. The number of hydrogen-bond acceptors (Lipinski definition) is 5. The first kappa shape index (κ1) is 20.4. The second-order valence-electron chi connectivity index (χ2n) is 6.68. The molecule has 0 aromatic heterocycles. The lowest BCUT2D eigenvalue weighted by atomic mass is 9.94. The third-order valence-electron chi connectivity index (χ3n) is 4.79. The van der Waals surface area contributed by atoms with Gasteiger partial charge in [-0.1, -0.05) is 0 Å². The first-order chi connectivity index (χ1) is 12.3. The molecule has 7 heteroatoms. The quantitative estimate of drug-likeness (QED) is 0.349. The highest BCUT2D eigenvalue weighted by molar-refractivity contribution is 5.79. The van der Waals surface area contributed by atoms with Gasteiger partial charge in [-0.2, -0.15) is 0 Å². The standard InChI is InChI=1S/C18H35N3O4/c1-3-19-17(21-15-18(22-2)7-12-23-13-8-18)20-9-5-10-24-14-16-6-4-11-25-16/h16H,3-15H2,1-2H3,(H2,19,20,21). The first-order valence-corrected chi connectivity index (χ1v) is 9.62. The van der Waals surface area contributed by atoms with Crippen LogP contribution >= 0.6 is 0 Å². The van der Waals surface area contributed by atoms with E-state index >= 15 is 0 Å². The van der Waals surface area contributed by atoms with Crippen molar-refractivity contribution in [3.63, 3.8) is 0 Å². The zero-order valence-corrected chi connectivity index (χ0v) is 15.8. The van der Waals surface area contributed by atoms with Crippen LogP contribution in [0.5, 0.6) is 0 Å². The first-order valence-electron chi connectivity index (χ1n) is 9.62. The smallest absolute Gasteiger partial charge is 0.191 e. The number of aliphatic imine (C=N–C) groups is 1. The summed E-state index contributed by atoms with van der Waals surface area (Å²) in [6.45, 7) is 8.22. The lowest BCUT2D eigenvalue weighted by molar-refractivity contribution is -0.0828. The highest BCUT2D eigenvalue weighted by Gasteiger charge is 2.32. The Balaban J connectivity index is 1.64. The molecule has 2 saturated heterocycles. The van der Waals surface area contributed by atoms with Gasteiger partial charge in [0.1, 0.15) is 0 Å². The minimum Gasteiger partial charge on any atom is -0.381 e. The van der Waals surface area contributed by atoms with E-state index in [1.54, 1.807) is 7.11 Å². The maximum Gasteiger partial charge on any atom is 0.191 e. The third-order valence-corrected chi connectivity index (χ3v) is 4.79. The number of rotatable bonds is 10. The van der Waals surface area contributed by atoms with E-state index in [0.29, 0.717) is 19.3 Å². The van der Waals surface area contributed by atoms with Crippen LogP contribution in [0.2, 0.25) is 0 Å². The van der Waals surface area contributed by atoms with E-state index in [1.807, 2.05) is 0 Å². The number of nitrogens with zero attached hydrogens (tertiary/aromatic N) is 1. The van der Waals surface area contributed by atoms with Crippen LogP contribution in [0.3, 0.4) is 0 Å². The Kier molecular flexibility index (Phi) is 9.54. The molecular weight excluding hydrogens is 322 g/mol. The lowest BCUT2D eigenvalue weighted by Crippen LogP contribution is -2.44. The van der Waals surface area contributed by atoms with Gasteiger partial charge in [-0.3, -0.25) is 4.99 Å². The minimum absolute atomic E-state index is 0.189. The van der Waals surface area contributed by atoms with Crippen molar-refractivity contribution in [2.75, 3.05) is 59.8 Å². The average molecular weight is 357 g/mol. The predicted molar refractivity (Wildman–Crippen MR) is 98.2 cm³/mol. The molecule has 2 aliphatic heterocycles. The van der Waals surface area contributed by atoms with Crippen LogP contribution < -0.4 is 10.6 Å². The van der Waals surface area contributed by atoms with Crippen molar-refractivity contribution in [2.45, 2.75) is 50.7 Å². The normalized spacial score (nSPS) is 23.6. The van der Waals surface area contributed by atoms with Gasteiger partial charge >= 0.3 is 0 Å². The summed E-state index contributed by atoms with van der Waals surface area (Å²) in [6, 6.07) is 0. The van der Waals surface area contributed by atoms with E-state index in [9.17, 15) is 0 Å². The molecular formula is C18H35N3O4. The van der Waals surface area contributed by atoms with Crippen molar-refractivity contribution < 1.29 is 18.9 Å². The SMILES string of the molecule is CCNC(=NCC1(OC)CCOCC1)NCCCOCC1CCCO1. The highest BCUT2D eigenvalue weighted by Crippen LogP contribution is 2.24. The van der Waals surface area contributed by atoms with Crippen LogP contribution in [0.1, 0.15) is 39.0 Å². The molecule has 0 saturated carbocycles. The van der Waals surface area contributed by atoms with E-state index in [1.165, 1.54) is 0 Å². The molecule has 2 fully saturated rings. The summed E-state index contributed by atoms with van der Waals surface area (Å²) in [5, 5.41) is 6.66. The van der Waals surface area contributed by atoms with Crippen LogP contribution in [0, 0.1) is 0 Å². The third kappa shape index (κ3) is 7.48. The number of ether oxygens (including phenoxy) is 4. The molecule has 0 spiro atoms. The van der Waals surface area contributed by atoms with E-state index in [0.717, 1.165) is 77.6 Å². The Morgan fingerprint density at radius 3 is 2.76 bits per heavy atom. The zero-order valence-electron chi connectivity index (χ0n) is 15.8. The van der Waals surface area contributed by atoms with E-state index in [-0.39, 0.29) is 5.60 Å². The molecule has 2 N–H and O–H groups in total. The van der Waals surface area contributed by atoms with E-state index < -0.39 is 0 Å². The molecule has 0 aromatic carbocycles. The van der Waals surface area contributed by atoms with Gasteiger partial charge < -0.3 is 29.6 Å². The predicted octanol–water partition coefficient (Wildman–Crippen LogP) is 1.32. The summed E-state index contributed by atoms with van der Waals surface area (Å²) in [5.74, 6) is 0.838. The maximum absolute atomic E-state index is 5.74. The van der Waals surface area contributed by atoms with Crippen LogP contribution in [-0.2, 0) is 18.9 Å². The molecule has 7 nitrogen and oxygen atoms in total. The van der Waals surface area contributed by atoms with Crippen molar-refractivity contribution in [1.29, 1.82) is 0 Å². The molecule has 25 heavy (non-hydrogen) atoms. The Labute approximate surface area is 151 Å². The molecule has 0 radical (unpaired) electrons. The van der Waals surface area contributed by atoms with E-state index in [4.69, 9.17) is 23.9 Å². The van der Waals surface area contributed by atoms with Crippen molar-refractivity contribution in [2.24, 2.45) is 4.99 Å².